The second-order valence-electron chi connectivity index (χ2n) is 5.23. The number of nitrogens with one attached hydrogen (secondary N) is 2. The molecule has 3 N–H and O–H groups in total. The molecule has 0 aliphatic heterocycles. The highest BCUT2D eigenvalue weighted by molar-refractivity contribution is 7.99. The maximum Gasteiger partial charge on any atom is 0.313 e. The largest absolute Gasteiger partial charge is 0.481 e. The molecule has 0 unspecified atom stereocenters. The number of fused-ring (bicyclic) bond motifs is 1. The number of carbonyl (C=O) groups is 2. The zero-order chi connectivity index (χ0) is 18.0. The lowest BCUT2D eigenvalue weighted by molar-refractivity contribution is -0.133. The summed E-state index contributed by atoms with van der Waals surface area (Å²) in [5.74, 6) is -1.12. The van der Waals surface area contributed by atoms with Crippen LogP contribution in [0.25, 0.3) is 22.2 Å². The summed E-state index contributed by atoms with van der Waals surface area (Å²) in [6, 6.07) is 10.7. The van der Waals surface area contributed by atoms with Gasteiger partial charge in [0.15, 0.2) is 5.16 Å². The summed E-state index contributed by atoms with van der Waals surface area (Å²) in [6.07, 6.45) is 0. The molecular weight excluding hydrogens is 362 g/mol. The van der Waals surface area contributed by atoms with Gasteiger partial charge in [-0.3, -0.25) is 9.59 Å². The van der Waals surface area contributed by atoms with E-state index in [1.165, 1.54) is 0 Å². The zero-order valence-corrected chi connectivity index (χ0v) is 14.7. The van der Waals surface area contributed by atoms with Crippen LogP contribution in [0.5, 0.6) is 0 Å². The van der Waals surface area contributed by atoms with E-state index >= 15 is 0 Å². The Bertz CT molecular complexity index is 954. The van der Waals surface area contributed by atoms with Gasteiger partial charge in [-0.2, -0.15) is 0 Å². The highest BCUT2D eigenvalue weighted by Gasteiger charge is 2.11. The zero-order valence-electron chi connectivity index (χ0n) is 13.2. The number of nitrogens with zero attached hydrogens (tertiary/aromatic N) is 1. The Morgan fingerprint density at radius 2 is 2.00 bits per heavy atom. The lowest BCUT2D eigenvalue weighted by Gasteiger charge is -2.06. The molecule has 0 aliphatic rings. The van der Waals surface area contributed by atoms with Crippen molar-refractivity contribution in [3.05, 3.63) is 47.0 Å². The van der Waals surface area contributed by atoms with Gasteiger partial charge < -0.3 is 15.4 Å². The molecule has 0 aliphatic carbocycles. The van der Waals surface area contributed by atoms with E-state index in [-0.39, 0.29) is 11.7 Å². The number of thioether (sulfide) groups is 1. The lowest BCUT2D eigenvalue weighted by atomic mass is 10.0. The Hall–Kier alpha value is -2.51. The van der Waals surface area contributed by atoms with Gasteiger partial charge >= 0.3 is 5.97 Å². The average Bonchev–Trinajstić information content (AvgIpc) is 3.00. The molecule has 3 rings (SSSR count). The maximum absolute atomic E-state index is 11.6. The molecule has 0 saturated heterocycles. The van der Waals surface area contributed by atoms with Gasteiger partial charge in [-0.05, 0) is 29.8 Å². The fourth-order valence-electron chi connectivity index (χ4n) is 2.37. The number of aliphatic carboxylic acids is 1. The van der Waals surface area contributed by atoms with Gasteiger partial charge in [0.1, 0.15) is 0 Å². The third-order valence-corrected chi connectivity index (χ3v) is 4.74. The number of imidazole rings is 1. The number of benzene rings is 2. The minimum atomic E-state index is -0.902. The van der Waals surface area contributed by atoms with E-state index in [1.54, 1.807) is 25.2 Å². The van der Waals surface area contributed by atoms with Crippen LogP contribution in [0.1, 0.15) is 10.4 Å². The second kappa shape index (κ2) is 7.16. The minimum absolute atomic E-state index is 0.0681. The third kappa shape index (κ3) is 3.78. The fourth-order valence-corrected chi connectivity index (χ4v) is 3.25. The molecule has 1 amide bonds. The van der Waals surface area contributed by atoms with Gasteiger partial charge in [0.25, 0.3) is 5.91 Å². The van der Waals surface area contributed by atoms with E-state index in [0.717, 1.165) is 28.4 Å². The first-order chi connectivity index (χ1) is 12.0. The number of carboxylic acid groups (broad SMARTS) is 1. The first kappa shape index (κ1) is 17.3. The number of halogens is 1. The maximum atomic E-state index is 11.6. The molecule has 0 spiro atoms. The van der Waals surface area contributed by atoms with E-state index in [9.17, 15) is 9.59 Å². The average molecular weight is 376 g/mol. The summed E-state index contributed by atoms with van der Waals surface area (Å²) in [6.45, 7) is 0. The number of hydrogen-bond donors (Lipinski definition) is 3. The topological polar surface area (TPSA) is 95.1 Å². The number of hydrogen-bond acceptors (Lipinski definition) is 4. The Morgan fingerprint density at radius 1 is 1.28 bits per heavy atom. The summed E-state index contributed by atoms with van der Waals surface area (Å²) in [7, 11) is 1.58. The van der Waals surface area contributed by atoms with Crippen molar-refractivity contribution in [2.24, 2.45) is 0 Å². The standard InChI is InChI=1S/C17H14ClN3O3S/c1-19-16(24)10-4-2-9(3-5-10)11-6-13-14(7-12(11)18)21-17(20-13)25-8-15(22)23/h2-7H,8H2,1H3,(H,19,24)(H,20,21)(H,22,23). The number of amides is 1. The monoisotopic (exact) mass is 375 g/mol. The normalized spacial score (nSPS) is 10.8. The van der Waals surface area contributed by atoms with Crippen molar-refractivity contribution < 1.29 is 14.7 Å². The van der Waals surface area contributed by atoms with E-state index < -0.39 is 5.97 Å². The molecule has 0 bridgehead atoms. The number of aromatic nitrogens is 2. The predicted octanol–water partition coefficient (Wildman–Crippen LogP) is 3.42. The SMILES string of the molecule is CNC(=O)c1ccc(-c2cc3nc(SCC(=O)O)[nH]c3cc2Cl)cc1. The van der Waals surface area contributed by atoms with E-state index in [0.29, 0.717) is 21.3 Å². The Balaban J connectivity index is 1.94. The fraction of sp³-hybridized carbons (Fsp3) is 0.118. The van der Waals surface area contributed by atoms with E-state index in [2.05, 4.69) is 15.3 Å². The van der Waals surface area contributed by atoms with Crippen LogP contribution in [0.15, 0.2) is 41.6 Å². The van der Waals surface area contributed by atoms with Crippen LogP contribution in [0.4, 0.5) is 0 Å². The van der Waals surface area contributed by atoms with Crippen molar-refractivity contribution in [3.8, 4) is 11.1 Å². The van der Waals surface area contributed by atoms with Crippen molar-refractivity contribution in [2.45, 2.75) is 5.16 Å². The molecule has 128 valence electrons. The lowest BCUT2D eigenvalue weighted by Crippen LogP contribution is -2.17. The van der Waals surface area contributed by atoms with Crippen LogP contribution in [-0.2, 0) is 4.79 Å². The Labute approximate surface area is 152 Å². The van der Waals surface area contributed by atoms with Gasteiger partial charge in [0, 0.05) is 18.2 Å². The van der Waals surface area contributed by atoms with Gasteiger partial charge in [-0.15, -0.1) is 0 Å². The van der Waals surface area contributed by atoms with Crippen molar-refractivity contribution in [2.75, 3.05) is 12.8 Å². The van der Waals surface area contributed by atoms with Crippen molar-refractivity contribution >= 4 is 46.3 Å². The number of H-pyrrole nitrogens is 1. The molecular formula is C17H14ClN3O3S. The second-order valence-corrected chi connectivity index (χ2v) is 6.60. The Kier molecular flexibility index (Phi) is 4.96. The molecule has 6 nitrogen and oxygen atoms in total. The number of carbonyl (C=O) groups excluding carboxylic acids is 1. The van der Waals surface area contributed by atoms with Gasteiger partial charge in [0.05, 0.1) is 21.8 Å². The predicted molar refractivity (Wildman–Crippen MR) is 98.3 cm³/mol. The van der Waals surface area contributed by atoms with Crippen molar-refractivity contribution in [1.29, 1.82) is 0 Å². The molecule has 25 heavy (non-hydrogen) atoms. The highest BCUT2D eigenvalue weighted by Crippen LogP contribution is 2.32. The summed E-state index contributed by atoms with van der Waals surface area (Å²) < 4.78 is 0. The van der Waals surface area contributed by atoms with Crippen molar-refractivity contribution in [3.63, 3.8) is 0 Å². The first-order valence-electron chi connectivity index (χ1n) is 7.34. The van der Waals surface area contributed by atoms with E-state index in [1.807, 2.05) is 18.2 Å². The quantitative estimate of drug-likeness (QED) is 0.594. The van der Waals surface area contributed by atoms with Crippen LogP contribution < -0.4 is 5.32 Å². The minimum Gasteiger partial charge on any atom is -0.481 e. The summed E-state index contributed by atoms with van der Waals surface area (Å²) in [5.41, 5.74) is 3.66. The number of aromatic amines is 1. The number of carboxylic acids is 1. The van der Waals surface area contributed by atoms with Gasteiger partial charge in [-0.1, -0.05) is 35.5 Å². The highest BCUT2D eigenvalue weighted by atomic mass is 35.5. The van der Waals surface area contributed by atoms with Crippen LogP contribution in [0.3, 0.4) is 0 Å². The van der Waals surface area contributed by atoms with Crippen LogP contribution >= 0.6 is 23.4 Å². The van der Waals surface area contributed by atoms with Crippen LogP contribution in [-0.4, -0.2) is 39.8 Å². The summed E-state index contributed by atoms with van der Waals surface area (Å²) >= 11 is 7.49. The third-order valence-electron chi connectivity index (χ3n) is 3.57. The van der Waals surface area contributed by atoms with Crippen LogP contribution in [0, 0.1) is 0 Å². The Morgan fingerprint density at radius 3 is 2.64 bits per heavy atom. The van der Waals surface area contributed by atoms with Gasteiger partial charge in [0.2, 0.25) is 0 Å². The van der Waals surface area contributed by atoms with E-state index in [4.69, 9.17) is 16.7 Å². The molecule has 1 heterocycles. The van der Waals surface area contributed by atoms with Crippen LogP contribution in [0.2, 0.25) is 5.02 Å². The smallest absolute Gasteiger partial charge is 0.313 e. The molecule has 0 atom stereocenters. The molecule has 0 fully saturated rings. The molecule has 1 aromatic heterocycles. The molecule has 0 radical (unpaired) electrons. The summed E-state index contributed by atoms with van der Waals surface area (Å²) in [5, 5.41) is 12.4. The molecule has 8 heteroatoms. The van der Waals surface area contributed by atoms with Crippen molar-refractivity contribution in [1.82, 2.24) is 15.3 Å². The van der Waals surface area contributed by atoms with Gasteiger partial charge in [-0.25, -0.2) is 4.98 Å². The molecule has 2 aromatic carbocycles. The summed E-state index contributed by atoms with van der Waals surface area (Å²) in [4.78, 5) is 29.7. The first-order valence-corrected chi connectivity index (χ1v) is 8.70. The number of rotatable bonds is 5. The molecule has 0 saturated carbocycles. The molecule has 3 aromatic rings.